The van der Waals surface area contributed by atoms with Crippen molar-refractivity contribution in [3.8, 4) is 0 Å². The number of amides is 2. The highest BCUT2D eigenvalue weighted by Crippen LogP contribution is 2.16. The van der Waals surface area contributed by atoms with Crippen molar-refractivity contribution in [1.29, 1.82) is 0 Å². The minimum absolute atomic E-state index is 0.0569. The highest BCUT2D eigenvalue weighted by atomic mass is 32.2. The minimum Gasteiger partial charge on any atom is -0.345 e. The van der Waals surface area contributed by atoms with Crippen LogP contribution in [0.25, 0.3) is 0 Å². The van der Waals surface area contributed by atoms with E-state index in [0.29, 0.717) is 5.56 Å². The predicted molar refractivity (Wildman–Crippen MR) is 81.7 cm³/mol. The Morgan fingerprint density at radius 2 is 1.95 bits per heavy atom. The summed E-state index contributed by atoms with van der Waals surface area (Å²) in [4.78, 5) is 23.3. The van der Waals surface area contributed by atoms with Crippen LogP contribution in [0.1, 0.15) is 18.9 Å². The molecule has 0 aliphatic carbocycles. The Morgan fingerprint density at radius 3 is 2.50 bits per heavy atom. The van der Waals surface area contributed by atoms with E-state index in [4.69, 9.17) is 0 Å². The van der Waals surface area contributed by atoms with E-state index < -0.39 is 33.5 Å². The van der Waals surface area contributed by atoms with Crippen LogP contribution >= 0.6 is 0 Å². The first kappa shape index (κ1) is 18.1. The molecule has 0 radical (unpaired) electrons. The molecule has 2 N–H and O–H groups in total. The third-order valence-electron chi connectivity index (χ3n) is 2.93. The summed E-state index contributed by atoms with van der Waals surface area (Å²) in [7, 11) is -3.27. The van der Waals surface area contributed by atoms with Crippen molar-refractivity contribution < 1.29 is 22.4 Å². The molecule has 0 saturated carbocycles. The van der Waals surface area contributed by atoms with E-state index in [1.54, 1.807) is 6.92 Å². The molecule has 0 spiro atoms. The average molecular weight is 330 g/mol. The Morgan fingerprint density at radius 1 is 1.32 bits per heavy atom. The summed E-state index contributed by atoms with van der Waals surface area (Å²) in [5.74, 6) is -1.79. The van der Waals surface area contributed by atoms with E-state index in [9.17, 15) is 22.4 Å². The normalized spacial score (nSPS) is 12.5. The number of carbonyl (C=O) groups is 2. The molecule has 6 nitrogen and oxygen atoms in total. The van der Waals surface area contributed by atoms with E-state index in [0.717, 1.165) is 12.3 Å². The predicted octanol–water partition coefficient (Wildman–Crippen LogP) is 1.01. The Kier molecular flexibility index (Phi) is 6.04. The number of anilines is 1. The number of rotatable bonds is 6. The van der Waals surface area contributed by atoms with Crippen LogP contribution in [0.15, 0.2) is 18.2 Å². The number of benzene rings is 1. The van der Waals surface area contributed by atoms with Gasteiger partial charge in [-0.2, -0.15) is 0 Å². The topological polar surface area (TPSA) is 92.3 Å². The molecule has 0 bridgehead atoms. The Labute approximate surface area is 129 Å². The first-order chi connectivity index (χ1) is 10.1. The van der Waals surface area contributed by atoms with E-state index in [-0.39, 0.29) is 17.9 Å². The van der Waals surface area contributed by atoms with E-state index in [1.807, 2.05) is 0 Å². The lowest BCUT2D eigenvalue weighted by Gasteiger charge is -2.18. The largest absolute Gasteiger partial charge is 0.345 e. The Balaban J connectivity index is 2.86. The summed E-state index contributed by atoms with van der Waals surface area (Å²) >= 11 is 0. The van der Waals surface area contributed by atoms with E-state index in [2.05, 4.69) is 10.6 Å². The zero-order valence-electron chi connectivity index (χ0n) is 12.6. The monoisotopic (exact) mass is 330 g/mol. The number of carbonyl (C=O) groups excluding carboxylic acids is 2. The standard InChI is InChI=1S/C14H19FN2O4S/c1-9-4-5-11(15)8-13(9)17-14(19)12(16-10(2)18)6-7-22(3,20)21/h4-5,8,12H,6-7H2,1-3H3,(H,16,18)(H,17,19)/t12-/m0/s1. The van der Waals surface area contributed by atoms with Crippen molar-refractivity contribution in [3.63, 3.8) is 0 Å². The molecule has 122 valence electrons. The molecule has 0 fully saturated rings. The molecule has 0 saturated heterocycles. The molecular formula is C14H19FN2O4S. The molecule has 8 heteroatoms. The zero-order chi connectivity index (χ0) is 16.9. The third kappa shape index (κ3) is 6.21. The highest BCUT2D eigenvalue weighted by molar-refractivity contribution is 7.90. The van der Waals surface area contributed by atoms with Crippen molar-refractivity contribution in [2.45, 2.75) is 26.3 Å². The second kappa shape index (κ2) is 7.35. The van der Waals surface area contributed by atoms with Crippen LogP contribution in [-0.4, -0.2) is 38.3 Å². The lowest BCUT2D eigenvalue weighted by atomic mass is 10.1. The molecule has 1 aromatic rings. The van der Waals surface area contributed by atoms with Crippen molar-refractivity contribution in [2.24, 2.45) is 0 Å². The van der Waals surface area contributed by atoms with Gasteiger partial charge in [-0.3, -0.25) is 9.59 Å². The van der Waals surface area contributed by atoms with Gasteiger partial charge in [0.1, 0.15) is 21.7 Å². The molecule has 1 atom stereocenters. The van der Waals surface area contributed by atoms with Crippen LogP contribution in [0.4, 0.5) is 10.1 Å². The van der Waals surface area contributed by atoms with Crippen molar-refractivity contribution in [2.75, 3.05) is 17.3 Å². The molecule has 1 aromatic carbocycles. The fourth-order valence-electron chi connectivity index (χ4n) is 1.79. The second-order valence-corrected chi connectivity index (χ2v) is 7.38. The van der Waals surface area contributed by atoms with Gasteiger partial charge in [0.2, 0.25) is 11.8 Å². The van der Waals surface area contributed by atoms with Crippen LogP contribution in [0.2, 0.25) is 0 Å². The summed E-state index contributed by atoms with van der Waals surface area (Å²) in [6.45, 7) is 2.92. The summed E-state index contributed by atoms with van der Waals surface area (Å²) < 4.78 is 35.6. The Bertz CT molecular complexity index is 673. The maximum absolute atomic E-state index is 13.2. The summed E-state index contributed by atoms with van der Waals surface area (Å²) in [6, 6.07) is 2.93. The summed E-state index contributed by atoms with van der Waals surface area (Å²) in [5.41, 5.74) is 0.930. The molecular weight excluding hydrogens is 311 g/mol. The lowest BCUT2D eigenvalue weighted by molar-refractivity contribution is -0.125. The van der Waals surface area contributed by atoms with Crippen LogP contribution in [0.5, 0.6) is 0 Å². The SMILES string of the molecule is CC(=O)N[C@@H](CCS(C)(=O)=O)C(=O)Nc1cc(F)ccc1C. The van der Waals surface area contributed by atoms with Crippen molar-refractivity contribution in [1.82, 2.24) is 5.32 Å². The zero-order valence-corrected chi connectivity index (χ0v) is 13.5. The molecule has 2 amide bonds. The van der Waals surface area contributed by atoms with Gasteiger partial charge in [0.25, 0.3) is 0 Å². The van der Waals surface area contributed by atoms with Crippen LogP contribution < -0.4 is 10.6 Å². The average Bonchev–Trinajstić information content (AvgIpc) is 2.37. The molecule has 0 heterocycles. The van der Waals surface area contributed by atoms with Gasteiger partial charge in [-0.25, -0.2) is 12.8 Å². The van der Waals surface area contributed by atoms with Gasteiger partial charge in [-0.05, 0) is 31.0 Å². The maximum atomic E-state index is 13.2. The van der Waals surface area contributed by atoms with E-state index >= 15 is 0 Å². The summed E-state index contributed by atoms with van der Waals surface area (Å²) in [6.07, 6.45) is 0.991. The second-order valence-electron chi connectivity index (χ2n) is 5.12. The summed E-state index contributed by atoms with van der Waals surface area (Å²) in [5, 5.41) is 4.90. The van der Waals surface area contributed by atoms with Gasteiger partial charge >= 0.3 is 0 Å². The van der Waals surface area contributed by atoms with Crippen LogP contribution in [-0.2, 0) is 19.4 Å². The van der Waals surface area contributed by atoms with Gasteiger partial charge in [0, 0.05) is 18.9 Å². The number of hydrogen-bond acceptors (Lipinski definition) is 4. The maximum Gasteiger partial charge on any atom is 0.246 e. The number of nitrogens with one attached hydrogen (secondary N) is 2. The van der Waals surface area contributed by atoms with Crippen molar-refractivity contribution >= 4 is 27.3 Å². The molecule has 22 heavy (non-hydrogen) atoms. The first-order valence-corrected chi connectivity index (χ1v) is 8.66. The number of halogens is 1. The number of sulfone groups is 1. The third-order valence-corrected chi connectivity index (χ3v) is 3.91. The van der Waals surface area contributed by atoms with Crippen molar-refractivity contribution in [3.05, 3.63) is 29.6 Å². The Hall–Kier alpha value is -1.96. The minimum atomic E-state index is -3.27. The van der Waals surface area contributed by atoms with E-state index in [1.165, 1.54) is 19.1 Å². The quantitative estimate of drug-likeness (QED) is 0.814. The smallest absolute Gasteiger partial charge is 0.246 e. The van der Waals surface area contributed by atoms with Gasteiger partial charge in [0.05, 0.1) is 5.75 Å². The van der Waals surface area contributed by atoms with Gasteiger partial charge in [-0.15, -0.1) is 0 Å². The first-order valence-electron chi connectivity index (χ1n) is 6.60. The molecule has 0 aromatic heterocycles. The number of aryl methyl sites for hydroxylation is 1. The molecule has 0 aliphatic heterocycles. The highest BCUT2D eigenvalue weighted by Gasteiger charge is 2.22. The van der Waals surface area contributed by atoms with Gasteiger partial charge < -0.3 is 10.6 Å². The molecule has 0 aliphatic rings. The molecule has 1 rings (SSSR count). The number of hydrogen-bond donors (Lipinski definition) is 2. The fraction of sp³-hybridized carbons (Fsp3) is 0.429. The molecule has 0 unspecified atom stereocenters. The van der Waals surface area contributed by atoms with Gasteiger partial charge in [-0.1, -0.05) is 6.07 Å². The fourth-order valence-corrected chi connectivity index (χ4v) is 2.46. The lowest BCUT2D eigenvalue weighted by Crippen LogP contribution is -2.44. The van der Waals surface area contributed by atoms with Gasteiger partial charge in [0.15, 0.2) is 0 Å². The van der Waals surface area contributed by atoms with Crippen LogP contribution in [0.3, 0.4) is 0 Å². The van der Waals surface area contributed by atoms with Crippen LogP contribution in [0, 0.1) is 12.7 Å².